The first kappa shape index (κ1) is 13.6. The predicted molar refractivity (Wildman–Crippen MR) is 75.2 cm³/mol. The quantitative estimate of drug-likeness (QED) is 0.919. The Hall–Kier alpha value is -1.81. The van der Waals surface area contributed by atoms with Gasteiger partial charge in [-0.25, -0.2) is 4.98 Å². The molecule has 0 fully saturated rings. The van der Waals surface area contributed by atoms with Crippen molar-refractivity contribution in [1.29, 1.82) is 0 Å². The van der Waals surface area contributed by atoms with Gasteiger partial charge in [0.05, 0.1) is 25.6 Å². The first-order valence-corrected chi connectivity index (χ1v) is 6.38. The normalized spacial score (nSPS) is 11.1. The average Bonchev–Trinajstić information content (AvgIpc) is 2.79. The van der Waals surface area contributed by atoms with Crippen molar-refractivity contribution in [1.82, 2.24) is 9.55 Å². The van der Waals surface area contributed by atoms with Crippen molar-refractivity contribution in [2.75, 3.05) is 7.11 Å². The highest BCUT2D eigenvalue weighted by atomic mass is 16.5. The first-order valence-electron chi connectivity index (χ1n) is 6.38. The Morgan fingerprint density at radius 1 is 1.37 bits per heavy atom. The summed E-state index contributed by atoms with van der Waals surface area (Å²) in [5, 5.41) is 9.48. The molecule has 0 aliphatic heterocycles. The molecule has 102 valence electrons. The molecule has 1 aromatic heterocycles. The van der Waals surface area contributed by atoms with Crippen LogP contribution < -0.4 is 4.74 Å². The van der Waals surface area contributed by atoms with Gasteiger partial charge < -0.3 is 14.4 Å². The summed E-state index contributed by atoms with van der Waals surface area (Å²) in [5.74, 6) is 2.17. The highest BCUT2D eigenvalue weighted by Gasteiger charge is 2.14. The number of hydrogen-bond donors (Lipinski definition) is 1. The lowest BCUT2D eigenvalue weighted by atomic mass is 10.0. The van der Waals surface area contributed by atoms with Crippen LogP contribution in [0.1, 0.15) is 31.2 Å². The van der Waals surface area contributed by atoms with E-state index < -0.39 is 0 Å². The van der Waals surface area contributed by atoms with Gasteiger partial charge in [-0.3, -0.25) is 0 Å². The summed E-state index contributed by atoms with van der Waals surface area (Å²) in [4.78, 5) is 4.46. The van der Waals surface area contributed by atoms with E-state index in [0.29, 0.717) is 5.92 Å². The average molecular weight is 260 g/mol. The number of hydrogen-bond acceptors (Lipinski definition) is 3. The van der Waals surface area contributed by atoms with Gasteiger partial charge in [0.25, 0.3) is 0 Å². The predicted octanol–water partition coefficient (Wildman–Crippen LogP) is 2.71. The molecule has 2 rings (SSSR count). The zero-order valence-corrected chi connectivity index (χ0v) is 11.8. The standard InChI is InChI=1S/C15H20N2O2/c1-10(2)15-16-8-14(17(15)3)13-7-12(19-4)6-5-11(13)9-18/h5-8,10,18H,9H2,1-4H3. The fourth-order valence-corrected chi connectivity index (χ4v) is 2.27. The van der Waals surface area contributed by atoms with E-state index in [4.69, 9.17) is 4.74 Å². The van der Waals surface area contributed by atoms with Gasteiger partial charge in [0, 0.05) is 18.5 Å². The first-order chi connectivity index (χ1) is 9.08. The minimum atomic E-state index is 0.00151. The molecule has 1 aromatic carbocycles. The number of aliphatic hydroxyl groups is 1. The van der Waals surface area contributed by atoms with Crippen LogP contribution in [0.4, 0.5) is 0 Å². The molecule has 1 N–H and O–H groups in total. The summed E-state index contributed by atoms with van der Waals surface area (Å²) in [7, 11) is 3.64. The maximum absolute atomic E-state index is 9.48. The molecule has 0 radical (unpaired) electrons. The highest BCUT2D eigenvalue weighted by Crippen LogP contribution is 2.29. The van der Waals surface area contributed by atoms with Crippen LogP contribution in [0, 0.1) is 0 Å². The highest BCUT2D eigenvalue weighted by molar-refractivity contribution is 5.66. The second-order valence-electron chi connectivity index (χ2n) is 4.90. The Balaban J connectivity index is 2.57. The molecule has 0 aliphatic carbocycles. The van der Waals surface area contributed by atoms with Crippen molar-refractivity contribution in [2.24, 2.45) is 7.05 Å². The van der Waals surface area contributed by atoms with Gasteiger partial charge in [-0.2, -0.15) is 0 Å². The summed E-state index contributed by atoms with van der Waals surface area (Å²) in [5.41, 5.74) is 2.83. The SMILES string of the molecule is COc1ccc(CO)c(-c2cnc(C(C)C)n2C)c1. The molecule has 19 heavy (non-hydrogen) atoms. The maximum atomic E-state index is 9.48. The smallest absolute Gasteiger partial charge is 0.119 e. The summed E-state index contributed by atoms with van der Waals surface area (Å²) >= 11 is 0. The lowest BCUT2D eigenvalue weighted by Gasteiger charge is -2.12. The van der Waals surface area contributed by atoms with Crippen molar-refractivity contribution >= 4 is 0 Å². The second kappa shape index (κ2) is 5.45. The third kappa shape index (κ3) is 2.49. The largest absolute Gasteiger partial charge is 0.497 e. The summed E-state index contributed by atoms with van der Waals surface area (Å²) in [6, 6.07) is 5.68. The minimum Gasteiger partial charge on any atom is -0.497 e. The van der Waals surface area contributed by atoms with E-state index in [9.17, 15) is 5.11 Å². The Morgan fingerprint density at radius 2 is 2.11 bits per heavy atom. The zero-order valence-electron chi connectivity index (χ0n) is 11.8. The lowest BCUT2D eigenvalue weighted by molar-refractivity contribution is 0.282. The molecule has 0 amide bonds. The molecule has 0 bridgehead atoms. The van der Waals surface area contributed by atoms with Crippen LogP contribution in [0.2, 0.25) is 0 Å². The molecule has 1 heterocycles. The molecule has 4 nitrogen and oxygen atoms in total. The van der Waals surface area contributed by atoms with E-state index >= 15 is 0 Å². The van der Waals surface area contributed by atoms with Gasteiger partial charge in [-0.05, 0) is 17.7 Å². The monoisotopic (exact) mass is 260 g/mol. The van der Waals surface area contributed by atoms with E-state index in [-0.39, 0.29) is 6.61 Å². The fraction of sp³-hybridized carbons (Fsp3) is 0.400. The number of methoxy groups -OCH3 is 1. The van der Waals surface area contributed by atoms with Crippen LogP contribution in [0.15, 0.2) is 24.4 Å². The molecule has 2 aromatic rings. The second-order valence-corrected chi connectivity index (χ2v) is 4.90. The van der Waals surface area contributed by atoms with Crippen LogP contribution in [0.3, 0.4) is 0 Å². The topological polar surface area (TPSA) is 47.3 Å². The van der Waals surface area contributed by atoms with Crippen molar-refractivity contribution in [3.05, 3.63) is 35.8 Å². The molecule has 0 aliphatic rings. The molecule has 0 atom stereocenters. The third-order valence-corrected chi connectivity index (χ3v) is 3.30. The van der Waals surface area contributed by atoms with Gasteiger partial charge in [-0.1, -0.05) is 19.9 Å². The summed E-state index contributed by atoms with van der Waals surface area (Å²) in [6.45, 7) is 4.23. The molecule has 0 saturated heterocycles. The van der Waals surface area contributed by atoms with Crippen LogP contribution >= 0.6 is 0 Å². The van der Waals surface area contributed by atoms with Crippen molar-refractivity contribution in [3.63, 3.8) is 0 Å². The number of rotatable bonds is 4. The van der Waals surface area contributed by atoms with E-state index in [2.05, 4.69) is 23.4 Å². The van der Waals surface area contributed by atoms with E-state index in [1.54, 1.807) is 7.11 Å². The van der Waals surface area contributed by atoms with E-state index in [0.717, 1.165) is 28.4 Å². The van der Waals surface area contributed by atoms with Crippen molar-refractivity contribution in [2.45, 2.75) is 26.4 Å². The molecule has 0 saturated carbocycles. The molecule has 0 spiro atoms. The maximum Gasteiger partial charge on any atom is 0.119 e. The van der Waals surface area contributed by atoms with Crippen LogP contribution in [-0.4, -0.2) is 21.8 Å². The van der Waals surface area contributed by atoms with Gasteiger partial charge >= 0.3 is 0 Å². The zero-order chi connectivity index (χ0) is 14.0. The molecular formula is C15H20N2O2. The van der Waals surface area contributed by atoms with Crippen LogP contribution in [0.5, 0.6) is 5.75 Å². The fourth-order valence-electron chi connectivity index (χ4n) is 2.27. The van der Waals surface area contributed by atoms with Gasteiger partial charge in [0.1, 0.15) is 11.6 Å². The Bertz CT molecular complexity index is 574. The minimum absolute atomic E-state index is 0.00151. The number of aliphatic hydroxyl groups excluding tert-OH is 1. The third-order valence-electron chi connectivity index (χ3n) is 3.30. The van der Waals surface area contributed by atoms with Gasteiger partial charge in [0.2, 0.25) is 0 Å². The Morgan fingerprint density at radius 3 is 2.63 bits per heavy atom. The summed E-state index contributed by atoms with van der Waals surface area (Å²) in [6.07, 6.45) is 1.85. The van der Waals surface area contributed by atoms with Gasteiger partial charge in [-0.15, -0.1) is 0 Å². The molecular weight excluding hydrogens is 240 g/mol. The van der Waals surface area contributed by atoms with Crippen molar-refractivity contribution in [3.8, 4) is 17.0 Å². The number of ether oxygens (including phenoxy) is 1. The van der Waals surface area contributed by atoms with E-state index in [1.807, 2.05) is 31.4 Å². The Labute approximate surface area is 113 Å². The Kier molecular flexibility index (Phi) is 3.90. The van der Waals surface area contributed by atoms with E-state index in [1.165, 1.54) is 0 Å². The number of imidazole rings is 1. The van der Waals surface area contributed by atoms with Crippen molar-refractivity contribution < 1.29 is 9.84 Å². The number of benzene rings is 1. The van der Waals surface area contributed by atoms with Crippen LogP contribution in [0.25, 0.3) is 11.3 Å². The number of aromatic nitrogens is 2. The summed E-state index contributed by atoms with van der Waals surface area (Å²) < 4.78 is 7.33. The number of nitrogens with zero attached hydrogens (tertiary/aromatic N) is 2. The van der Waals surface area contributed by atoms with Gasteiger partial charge in [0.15, 0.2) is 0 Å². The molecule has 4 heteroatoms. The molecule has 0 unspecified atom stereocenters. The van der Waals surface area contributed by atoms with Crippen LogP contribution in [-0.2, 0) is 13.7 Å². The lowest BCUT2D eigenvalue weighted by Crippen LogP contribution is -2.02.